The fourth-order valence-corrected chi connectivity index (χ4v) is 1.51. The maximum Gasteiger partial charge on any atom is 0.125 e. The van der Waals surface area contributed by atoms with Crippen LogP contribution in [0.5, 0.6) is 0 Å². The zero-order chi connectivity index (χ0) is 9.90. The molecule has 0 spiro atoms. The lowest BCUT2D eigenvalue weighted by atomic mass is 10.3. The van der Waals surface area contributed by atoms with E-state index >= 15 is 0 Å². The average molecular weight is 201 g/mol. The van der Waals surface area contributed by atoms with E-state index in [-0.39, 0.29) is 5.82 Å². The number of rotatable bonds is 2. The highest BCUT2D eigenvalue weighted by Gasteiger charge is 1.98. The summed E-state index contributed by atoms with van der Waals surface area (Å²) in [6.45, 7) is 1.80. The molecule has 0 saturated heterocycles. The molecule has 0 heterocycles. The van der Waals surface area contributed by atoms with Crippen LogP contribution in [-0.4, -0.2) is 16.2 Å². The molecule has 1 atom stereocenters. The van der Waals surface area contributed by atoms with Crippen LogP contribution in [0.2, 0.25) is 0 Å². The lowest BCUT2D eigenvalue weighted by molar-refractivity contribution is 0.628. The molecular formula is C9H12FNOS. The van der Waals surface area contributed by atoms with E-state index in [1.54, 1.807) is 25.3 Å². The molecule has 0 fully saturated rings. The fourth-order valence-electron chi connectivity index (χ4n) is 0.820. The van der Waals surface area contributed by atoms with E-state index in [1.807, 2.05) is 0 Å². The van der Waals surface area contributed by atoms with Crippen molar-refractivity contribution >= 4 is 15.4 Å². The van der Waals surface area contributed by atoms with Gasteiger partial charge in [-0.2, -0.15) is 4.36 Å². The van der Waals surface area contributed by atoms with Crippen molar-refractivity contribution < 1.29 is 8.60 Å². The Balaban J connectivity index is 3.12. The van der Waals surface area contributed by atoms with Crippen molar-refractivity contribution in [3.05, 3.63) is 30.1 Å². The third-order valence-corrected chi connectivity index (χ3v) is 3.31. The Morgan fingerprint density at radius 2 is 2.23 bits per heavy atom. The molecule has 0 bridgehead atoms. The first-order valence-corrected chi connectivity index (χ1v) is 6.08. The summed E-state index contributed by atoms with van der Waals surface area (Å²) in [4.78, 5) is 0. The van der Waals surface area contributed by atoms with E-state index < -0.39 is 9.73 Å². The molecule has 0 aliphatic rings. The lowest BCUT2D eigenvalue weighted by Gasteiger charge is -1.99. The zero-order valence-electron chi connectivity index (χ0n) is 7.66. The normalized spacial score (nSPS) is 15.0. The molecule has 0 saturated carbocycles. The number of hydrogen-bond donors (Lipinski definition) is 0. The smallest absolute Gasteiger partial charge is 0.125 e. The Morgan fingerprint density at radius 1 is 1.54 bits per heavy atom. The summed E-state index contributed by atoms with van der Waals surface area (Å²) in [5, 5.41) is 0. The van der Waals surface area contributed by atoms with E-state index in [9.17, 15) is 8.60 Å². The molecule has 0 N–H and O–H groups in total. The van der Waals surface area contributed by atoms with Gasteiger partial charge in [-0.25, -0.2) is 8.60 Å². The molecule has 1 rings (SSSR count). The van der Waals surface area contributed by atoms with Gasteiger partial charge in [-0.3, -0.25) is 0 Å². The molecule has 0 radical (unpaired) electrons. The van der Waals surface area contributed by atoms with Crippen molar-refractivity contribution in [2.24, 2.45) is 4.36 Å². The first-order valence-electron chi connectivity index (χ1n) is 3.99. The van der Waals surface area contributed by atoms with Crippen molar-refractivity contribution in [1.29, 1.82) is 0 Å². The van der Waals surface area contributed by atoms with Crippen molar-refractivity contribution in [1.82, 2.24) is 0 Å². The van der Waals surface area contributed by atoms with E-state index in [1.165, 1.54) is 12.1 Å². The molecule has 4 heteroatoms. The van der Waals surface area contributed by atoms with E-state index in [0.29, 0.717) is 11.4 Å². The molecule has 0 amide bonds. The zero-order valence-corrected chi connectivity index (χ0v) is 8.47. The summed E-state index contributed by atoms with van der Waals surface area (Å²) in [5.74, 6) is 0.122. The van der Waals surface area contributed by atoms with E-state index in [4.69, 9.17) is 0 Å². The minimum atomic E-state index is -2.18. The van der Waals surface area contributed by atoms with Gasteiger partial charge in [0.25, 0.3) is 0 Å². The van der Waals surface area contributed by atoms with Gasteiger partial charge >= 0.3 is 0 Å². The Bertz CT molecular complexity index is 408. The summed E-state index contributed by atoms with van der Waals surface area (Å²) < 4.78 is 28.2. The minimum Gasteiger partial charge on any atom is -0.250 e. The molecule has 0 aromatic heterocycles. The predicted molar refractivity (Wildman–Crippen MR) is 53.1 cm³/mol. The second-order valence-electron chi connectivity index (χ2n) is 2.82. The fraction of sp³-hybridized carbons (Fsp3) is 0.333. The standard InChI is InChI=1S/C9H12FNOS/c1-3-13(2,12)11-9-6-4-5-8(10)7-9/h4-7H,3H2,1-2H3/t13-/m0/s1. The summed E-state index contributed by atoms with van der Waals surface area (Å²) in [6.07, 6.45) is 1.57. The Kier molecular flexibility index (Phi) is 3.03. The van der Waals surface area contributed by atoms with Crippen LogP contribution in [0.15, 0.2) is 28.6 Å². The van der Waals surface area contributed by atoms with Crippen LogP contribution in [0.25, 0.3) is 0 Å². The molecule has 1 aromatic rings. The Morgan fingerprint density at radius 3 is 2.77 bits per heavy atom. The third-order valence-electron chi connectivity index (χ3n) is 1.64. The first-order chi connectivity index (χ1) is 6.03. The number of nitrogens with zero attached hydrogens (tertiary/aromatic N) is 1. The van der Waals surface area contributed by atoms with Crippen molar-refractivity contribution in [3.8, 4) is 0 Å². The highest BCUT2D eigenvalue weighted by molar-refractivity contribution is 7.93. The number of halogens is 1. The molecule has 72 valence electrons. The molecule has 13 heavy (non-hydrogen) atoms. The topological polar surface area (TPSA) is 29.4 Å². The quantitative estimate of drug-likeness (QED) is 0.723. The number of benzene rings is 1. The SMILES string of the molecule is CC[S@](C)(=O)=Nc1cccc(F)c1. The Labute approximate surface area is 78.0 Å². The molecular weight excluding hydrogens is 189 g/mol. The average Bonchev–Trinajstić information content (AvgIpc) is 2.03. The second kappa shape index (κ2) is 3.87. The van der Waals surface area contributed by atoms with E-state index in [2.05, 4.69) is 4.36 Å². The van der Waals surface area contributed by atoms with Crippen LogP contribution in [0.3, 0.4) is 0 Å². The van der Waals surface area contributed by atoms with Gasteiger partial charge in [-0.05, 0) is 12.1 Å². The van der Waals surface area contributed by atoms with Gasteiger partial charge in [0.15, 0.2) is 0 Å². The van der Waals surface area contributed by atoms with Crippen LogP contribution >= 0.6 is 0 Å². The lowest BCUT2D eigenvalue weighted by Crippen LogP contribution is -1.97. The summed E-state index contributed by atoms with van der Waals surface area (Å²) in [5.41, 5.74) is 0.439. The summed E-state index contributed by atoms with van der Waals surface area (Å²) in [6, 6.07) is 5.81. The van der Waals surface area contributed by atoms with Gasteiger partial charge in [0.1, 0.15) is 5.82 Å². The molecule has 2 nitrogen and oxygen atoms in total. The summed E-state index contributed by atoms with van der Waals surface area (Å²) in [7, 11) is -2.18. The number of hydrogen-bond acceptors (Lipinski definition) is 2. The largest absolute Gasteiger partial charge is 0.250 e. The van der Waals surface area contributed by atoms with Gasteiger partial charge < -0.3 is 0 Å². The molecule has 1 aromatic carbocycles. The third kappa shape index (κ3) is 3.14. The van der Waals surface area contributed by atoms with Crippen LogP contribution in [0, 0.1) is 5.82 Å². The molecule has 0 aliphatic heterocycles. The highest BCUT2D eigenvalue weighted by atomic mass is 32.2. The maximum atomic E-state index is 12.7. The highest BCUT2D eigenvalue weighted by Crippen LogP contribution is 2.15. The van der Waals surface area contributed by atoms with Crippen LogP contribution in [0.4, 0.5) is 10.1 Å². The first kappa shape index (κ1) is 10.2. The predicted octanol–water partition coefficient (Wildman–Crippen LogP) is 2.57. The van der Waals surface area contributed by atoms with Crippen LogP contribution < -0.4 is 0 Å². The second-order valence-corrected chi connectivity index (χ2v) is 5.50. The van der Waals surface area contributed by atoms with Gasteiger partial charge in [0.2, 0.25) is 0 Å². The monoisotopic (exact) mass is 201 g/mol. The Hall–Kier alpha value is -0.900. The van der Waals surface area contributed by atoms with Gasteiger partial charge in [0, 0.05) is 27.8 Å². The van der Waals surface area contributed by atoms with Crippen LogP contribution in [0.1, 0.15) is 6.92 Å². The van der Waals surface area contributed by atoms with Crippen molar-refractivity contribution in [3.63, 3.8) is 0 Å². The summed E-state index contributed by atoms with van der Waals surface area (Å²) >= 11 is 0. The molecule has 0 aliphatic carbocycles. The van der Waals surface area contributed by atoms with Gasteiger partial charge in [-0.1, -0.05) is 13.0 Å². The van der Waals surface area contributed by atoms with Crippen molar-refractivity contribution in [2.75, 3.05) is 12.0 Å². The van der Waals surface area contributed by atoms with Gasteiger partial charge in [0.05, 0.1) is 5.69 Å². The minimum absolute atomic E-state index is 0.354. The van der Waals surface area contributed by atoms with E-state index in [0.717, 1.165) is 0 Å². The van der Waals surface area contributed by atoms with Crippen LogP contribution in [-0.2, 0) is 9.73 Å². The maximum absolute atomic E-state index is 12.7. The van der Waals surface area contributed by atoms with Crippen molar-refractivity contribution in [2.45, 2.75) is 6.92 Å². The van der Waals surface area contributed by atoms with Gasteiger partial charge in [-0.15, -0.1) is 0 Å². The molecule has 0 unspecified atom stereocenters.